The Bertz CT molecular complexity index is 673. The number of carbonyl (C=O) groups excluding carboxylic acids is 2. The van der Waals surface area contributed by atoms with Crippen LogP contribution in [0.2, 0.25) is 5.02 Å². The molecule has 0 bridgehead atoms. The first-order chi connectivity index (χ1) is 10.1. The van der Waals surface area contributed by atoms with Crippen LogP contribution in [-0.4, -0.2) is 18.9 Å². The summed E-state index contributed by atoms with van der Waals surface area (Å²) >= 11 is 5.81. The number of amides is 2. The summed E-state index contributed by atoms with van der Waals surface area (Å²) in [5.41, 5.74) is 0.869. The van der Waals surface area contributed by atoms with E-state index in [1.165, 1.54) is 7.11 Å². The van der Waals surface area contributed by atoms with Crippen molar-refractivity contribution in [3.05, 3.63) is 53.6 Å². The lowest BCUT2D eigenvalue weighted by atomic mass is 10.3. The van der Waals surface area contributed by atoms with Gasteiger partial charge in [0.05, 0.1) is 12.8 Å². The number of benzene rings is 2. The van der Waals surface area contributed by atoms with Gasteiger partial charge in [-0.1, -0.05) is 29.8 Å². The molecule has 0 spiro atoms. The van der Waals surface area contributed by atoms with Crippen molar-refractivity contribution >= 4 is 34.8 Å². The third-order valence-corrected chi connectivity index (χ3v) is 2.88. The highest BCUT2D eigenvalue weighted by molar-refractivity contribution is 6.44. The van der Waals surface area contributed by atoms with Crippen molar-refractivity contribution < 1.29 is 14.3 Å². The summed E-state index contributed by atoms with van der Waals surface area (Å²) in [6.07, 6.45) is 0. The van der Waals surface area contributed by atoms with Gasteiger partial charge in [0.1, 0.15) is 5.75 Å². The Kier molecular flexibility index (Phi) is 4.79. The number of nitrogens with one attached hydrogen (secondary N) is 2. The van der Waals surface area contributed by atoms with E-state index < -0.39 is 11.8 Å². The molecule has 108 valence electrons. The molecule has 2 N–H and O–H groups in total. The SMILES string of the molecule is COc1ccccc1NC(=O)C(=O)Nc1cccc(Cl)c1. The minimum absolute atomic E-state index is 0.422. The standard InChI is InChI=1S/C15H13ClN2O3/c1-21-13-8-3-2-7-12(13)18-15(20)14(19)17-11-6-4-5-10(16)9-11/h2-9H,1H3,(H,17,19)(H,18,20). The fourth-order valence-corrected chi connectivity index (χ4v) is 1.87. The van der Waals surface area contributed by atoms with Gasteiger partial charge in [-0.2, -0.15) is 0 Å². The van der Waals surface area contributed by atoms with Gasteiger partial charge in [0.15, 0.2) is 0 Å². The molecule has 2 aromatic rings. The predicted octanol–water partition coefficient (Wildman–Crippen LogP) is 2.93. The molecule has 0 heterocycles. The molecule has 0 saturated heterocycles. The first-order valence-electron chi connectivity index (χ1n) is 6.11. The Hall–Kier alpha value is -2.53. The number of ether oxygens (including phenoxy) is 1. The highest BCUT2D eigenvalue weighted by atomic mass is 35.5. The highest BCUT2D eigenvalue weighted by Crippen LogP contribution is 2.23. The normalized spacial score (nSPS) is 9.81. The summed E-state index contributed by atoms with van der Waals surface area (Å²) in [5, 5.41) is 5.42. The fraction of sp³-hybridized carbons (Fsp3) is 0.0667. The average molecular weight is 305 g/mol. The Balaban J connectivity index is 2.04. The number of carbonyl (C=O) groups is 2. The Labute approximate surface area is 126 Å². The van der Waals surface area contributed by atoms with E-state index >= 15 is 0 Å². The van der Waals surface area contributed by atoms with E-state index in [2.05, 4.69) is 10.6 Å². The Morgan fingerprint density at radius 2 is 1.71 bits per heavy atom. The largest absolute Gasteiger partial charge is 0.495 e. The molecule has 6 heteroatoms. The zero-order valence-electron chi connectivity index (χ0n) is 11.2. The molecule has 2 aromatic carbocycles. The fourth-order valence-electron chi connectivity index (χ4n) is 1.68. The molecule has 0 aromatic heterocycles. The van der Waals surface area contributed by atoms with Crippen molar-refractivity contribution in [3.8, 4) is 5.75 Å². The van der Waals surface area contributed by atoms with Crippen molar-refractivity contribution in [3.63, 3.8) is 0 Å². The molecule has 21 heavy (non-hydrogen) atoms. The van der Waals surface area contributed by atoms with Crippen LogP contribution < -0.4 is 15.4 Å². The molecule has 0 aliphatic rings. The Morgan fingerprint density at radius 3 is 2.43 bits per heavy atom. The van der Waals surface area contributed by atoms with Crippen LogP contribution in [0.3, 0.4) is 0 Å². The minimum Gasteiger partial charge on any atom is -0.495 e. The lowest BCUT2D eigenvalue weighted by molar-refractivity contribution is -0.133. The smallest absolute Gasteiger partial charge is 0.314 e. The van der Waals surface area contributed by atoms with E-state index in [0.29, 0.717) is 22.1 Å². The topological polar surface area (TPSA) is 67.4 Å². The van der Waals surface area contributed by atoms with Crippen molar-refractivity contribution in [2.24, 2.45) is 0 Å². The number of hydrogen-bond acceptors (Lipinski definition) is 3. The van der Waals surface area contributed by atoms with Crippen LogP contribution >= 0.6 is 11.6 Å². The summed E-state index contributed by atoms with van der Waals surface area (Å²) < 4.78 is 5.10. The first-order valence-corrected chi connectivity index (χ1v) is 6.49. The van der Waals surface area contributed by atoms with Gasteiger partial charge >= 0.3 is 11.8 Å². The van der Waals surface area contributed by atoms with Crippen LogP contribution in [0.4, 0.5) is 11.4 Å². The first kappa shape index (κ1) is 14.9. The number of halogens is 1. The van der Waals surface area contributed by atoms with Crippen LogP contribution in [0.15, 0.2) is 48.5 Å². The van der Waals surface area contributed by atoms with Gasteiger partial charge in [0, 0.05) is 10.7 Å². The van der Waals surface area contributed by atoms with Crippen LogP contribution in [0, 0.1) is 0 Å². The summed E-state index contributed by atoms with van der Waals surface area (Å²) in [4.78, 5) is 23.7. The minimum atomic E-state index is -0.792. The molecule has 0 unspecified atom stereocenters. The summed E-state index contributed by atoms with van der Waals surface area (Å²) in [5.74, 6) is -1.11. The molecule has 0 radical (unpaired) electrons. The summed E-state index contributed by atoms with van der Waals surface area (Å²) in [7, 11) is 1.48. The van der Waals surface area contributed by atoms with Crippen LogP contribution in [0.5, 0.6) is 5.75 Å². The van der Waals surface area contributed by atoms with Gasteiger partial charge in [-0.05, 0) is 30.3 Å². The number of hydrogen-bond donors (Lipinski definition) is 2. The van der Waals surface area contributed by atoms with E-state index in [1.807, 2.05) is 0 Å². The van der Waals surface area contributed by atoms with E-state index in [1.54, 1.807) is 48.5 Å². The molecule has 0 saturated carbocycles. The molecule has 0 aliphatic heterocycles. The lowest BCUT2D eigenvalue weighted by Crippen LogP contribution is -2.29. The van der Waals surface area contributed by atoms with Crippen LogP contribution in [0.1, 0.15) is 0 Å². The lowest BCUT2D eigenvalue weighted by Gasteiger charge is -2.10. The molecule has 0 fully saturated rings. The number of anilines is 2. The molecular weight excluding hydrogens is 292 g/mol. The summed E-state index contributed by atoms with van der Waals surface area (Å²) in [6, 6.07) is 13.4. The quantitative estimate of drug-likeness (QED) is 0.857. The number of para-hydroxylation sites is 2. The Morgan fingerprint density at radius 1 is 1.00 bits per heavy atom. The van der Waals surface area contributed by atoms with Gasteiger partial charge in [-0.15, -0.1) is 0 Å². The zero-order valence-corrected chi connectivity index (χ0v) is 12.0. The molecule has 5 nitrogen and oxygen atoms in total. The van der Waals surface area contributed by atoms with Crippen LogP contribution in [0.25, 0.3) is 0 Å². The van der Waals surface area contributed by atoms with E-state index in [9.17, 15) is 9.59 Å². The van der Waals surface area contributed by atoms with Crippen molar-refractivity contribution in [1.82, 2.24) is 0 Å². The zero-order chi connectivity index (χ0) is 15.2. The maximum absolute atomic E-state index is 11.9. The average Bonchev–Trinajstić information content (AvgIpc) is 2.47. The van der Waals surface area contributed by atoms with Gasteiger partial charge in [-0.25, -0.2) is 0 Å². The number of methoxy groups -OCH3 is 1. The predicted molar refractivity (Wildman–Crippen MR) is 81.7 cm³/mol. The van der Waals surface area contributed by atoms with Gasteiger partial charge < -0.3 is 15.4 Å². The molecule has 2 amide bonds. The van der Waals surface area contributed by atoms with Crippen LogP contribution in [-0.2, 0) is 9.59 Å². The maximum atomic E-state index is 11.9. The summed E-state index contributed by atoms with van der Waals surface area (Å²) in [6.45, 7) is 0. The molecule has 0 atom stereocenters. The van der Waals surface area contributed by atoms with Crippen molar-refractivity contribution in [2.75, 3.05) is 17.7 Å². The third kappa shape index (κ3) is 3.97. The number of rotatable bonds is 3. The van der Waals surface area contributed by atoms with Gasteiger partial charge in [-0.3, -0.25) is 9.59 Å². The maximum Gasteiger partial charge on any atom is 0.314 e. The van der Waals surface area contributed by atoms with Crippen molar-refractivity contribution in [2.45, 2.75) is 0 Å². The van der Waals surface area contributed by atoms with E-state index in [4.69, 9.17) is 16.3 Å². The van der Waals surface area contributed by atoms with Crippen molar-refractivity contribution in [1.29, 1.82) is 0 Å². The molecule has 2 rings (SSSR count). The highest BCUT2D eigenvalue weighted by Gasteiger charge is 2.15. The third-order valence-electron chi connectivity index (χ3n) is 2.64. The monoisotopic (exact) mass is 304 g/mol. The van der Waals surface area contributed by atoms with Gasteiger partial charge in [0.25, 0.3) is 0 Å². The molecule has 0 aliphatic carbocycles. The second kappa shape index (κ2) is 6.76. The van der Waals surface area contributed by atoms with Gasteiger partial charge in [0.2, 0.25) is 0 Å². The molecular formula is C15H13ClN2O3. The second-order valence-electron chi connectivity index (χ2n) is 4.12. The second-order valence-corrected chi connectivity index (χ2v) is 4.56. The van der Waals surface area contributed by atoms with E-state index in [0.717, 1.165) is 0 Å². The van der Waals surface area contributed by atoms with E-state index in [-0.39, 0.29) is 0 Å².